The zero-order valence-corrected chi connectivity index (χ0v) is 16.9. The summed E-state index contributed by atoms with van der Waals surface area (Å²) in [4.78, 5) is 26.5. The maximum atomic E-state index is 11.3. The number of ether oxygens (including phenoxy) is 1. The molecule has 0 unspecified atom stereocenters. The molecule has 0 fully saturated rings. The van der Waals surface area contributed by atoms with Gasteiger partial charge in [-0.15, -0.1) is 0 Å². The van der Waals surface area contributed by atoms with E-state index in [9.17, 15) is 9.90 Å². The normalized spacial score (nSPS) is 10.7. The molecule has 3 rings (SSSR count). The lowest BCUT2D eigenvalue weighted by atomic mass is 10.1. The number of benzene rings is 1. The van der Waals surface area contributed by atoms with Crippen molar-refractivity contribution in [1.82, 2.24) is 15.0 Å². The number of aromatic amines is 1. The fraction of sp³-hybridized carbons (Fsp3) is 0.316. The maximum absolute atomic E-state index is 11.3. The zero-order valence-electron chi connectivity index (χ0n) is 16.0. The highest BCUT2D eigenvalue weighted by Crippen LogP contribution is 2.22. The van der Waals surface area contributed by atoms with Crippen molar-refractivity contribution in [3.8, 4) is 11.6 Å². The van der Waals surface area contributed by atoms with Crippen molar-refractivity contribution in [3.63, 3.8) is 0 Å². The van der Waals surface area contributed by atoms with Gasteiger partial charge in [0.1, 0.15) is 30.3 Å². The summed E-state index contributed by atoms with van der Waals surface area (Å²) in [5.41, 5.74) is 0.993. The lowest BCUT2D eigenvalue weighted by molar-refractivity contribution is 0.325. The summed E-state index contributed by atoms with van der Waals surface area (Å²) in [6.07, 6.45) is 2.06. The third-order valence-corrected chi connectivity index (χ3v) is 5.04. The fourth-order valence-electron chi connectivity index (χ4n) is 2.57. The van der Waals surface area contributed by atoms with Crippen LogP contribution >= 0.6 is 11.3 Å². The van der Waals surface area contributed by atoms with Crippen LogP contribution in [0.1, 0.15) is 10.4 Å². The Kier molecular flexibility index (Phi) is 6.15. The van der Waals surface area contributed by atoms with Gasteiger partial charge in [-0.3, -0.25) is 9.78 Å². The fourth-order valence-corrected chi connectivity index (χ4v) is 3.32. The molecule has 0 atom stereocenters. The van der Waals surface area contributed by atoms with Crippen LogP contribution in [0.2, 0.25) is 0 Å². The van der Waals surface area contributed by atoms with Crippen LogP contribution in [-0.2, 0) is 6.42 Å². The number of hydrogen-bond donors (Lipinski definition) is 2. The van der Waals surface area contributed by atoms with Crippen LogP contribution in [0.5, 0.6) is 11.6 Å². The van der Waals surface area contributed by atoms with Gasteiger partial charge in [0.15, 0.2) is 0 Å². The molecule has 0 saturated carbocycles. The van der Waals surface area contributed by atoms with Crippen molar-refractivity contribution >= 4 is 23.0 Å². The van der Waals surface area contributed by atoms with Crippen LogP contribution in [0.25, 0.3) is 0 Å². The van der Waals surface area contributed by atoms with Crippen LogP contribution in [0.4, 0.5) is 11.6 Å². The standard InChI is InChI=1S/C19H23N5O3S/c1-23(2)16-11-17(21-12-20-16)24(3)8-9-27-14-6-4-13(5-7-14)10-15-18(25)22-19(26)28-15/h4-7,11-12,25H,8-10H2,1-3H3,(H,22,26). The molecule has 1 aromatic carbocycles. The Balaban J connectivity index is 1.51. The lowest BCUT2D eigenvalue weighted by Crippen LogP contribution is -2.25. The first kappa shape index (κ1) is 19.7. The van der Waals surface area contributed by atoms with E-state index >= 15 is 0 Å². The molecule has 2 N–H and O–H groups in total. The number of likely N-dealkylation sites (N-methyl/N-ethyl adjacent to an activating group) is 1. The average Bonchev–Trinajstić information content (AvgIpc) is 3.00. The van der Waals surface area contributed by atoms with Crippen molar-refractivity contribution in [3.05, 3.63) is 56.8 Å². The molecule has 0 amide bonds. The smallest absolute Gasteiger partial charge is 0.307 e. The molecule has 0 bridgehead atoms. The average molecular weight is 401 g/mol. The van der Waals surface area contributed by atoms with E-state index in [0.29, 0.717) is 24.4 Å². The number of aromatic nitrogens is 3. The maximum Gasteiger partial charge on any atom is 0.307 e. The minimum absolute atomic E-state index is 0.0551. The van der Waals surface area contributed by atoms with E-state index in [1.54, 1.807) is 6.33 Å². The number of rotatable bonds is 8. The van der Waals surface area contributed by atoms with Crippen LogP contribution in [0, 0.1) is 0 Å². The molecule has 0 aliphatic heterocycles. The molecule has 148 valence electrons. The van der Waals surface area contributed by atoms with Crippen molar-refractivity contribution in [1.29, 1.82) is 0 Å². The topological polar surface area (TPSA) is 94.6 Å². The summed E-state index contributed by atoms with van der Waals surface area (Å²) in [5.74, 6) is 2.40. The number of nitrogens with zero attached hydrogens (tertiary/aromatic N) is 4. The van der Waals surface area contributed by atoms with E-state index < -0.39 is 0 Å². The molecular formula is C19H23N5O3S. The Morgan fingerprint density at radius 2 is 1.86 bits per heavy atom. The molecule has 0 radical (unpaired) electrons. The lowest BCUT2D eigenvalue weighted by Gasteiger charge is -2.20. The summed E-state index contributed by atoms with van der Waals surface area (Å²) in [7, 11) is 5.84. The summed E-state index contributed by atoms with van der Waals surface area (Å²) in [5, 5.41) is 9.67. The molecule has 9 heteroatoms. The highest BCUT2D eigenvalue weighted by molar-refractivity contribution is 7.09. The highest BCUT2D eigenvalue weighted by atomic mass is 32.1. The number of nitrogens with one attached hydrogen (secondary N) is 1. The Bertz CT molecular complexity index is 968. The first-order valence-corrected chi connectivity index (χ1v) is 9.57. The Hall–Kier alpha value is -3.07. The van der Waals surface area contributed by atoms with E-state index in [1.165, 1.54) is 0 Å². The molecule has 2 aromatic heterocycles. The van der Waals surface area contributed by atoms with Gasteiger partial charge in [-0.1, -0.05) is 23.5 Å². The molecule has 28 heavy (non-hydrogen) atoms. The number of H-pyrrole nitrogens is 1. The molecule has 0 aliphatic rings. The summed E-state index contributed by atoms with van der Waals surface area (Å²) < 4.78 is 5.81. The van der Waals surface area contributed by atoms with E-state index in [4.69, 9.17) is 4.74 Å². The molecule has 0 spiro atoms. The SMILES string of the molecule is CN(C)c1cc(N(C)CCOc2ccc(Cc3sc(=O)[nH]c3O)cc2)ncn1. The van der Waals surface area contributed by atoms with E-state index in [-0.39, 0.29) is 10.8 Å². The van der Waals surface area contributed by atoms with Crippen LogP contribution in [0.15, 0.2) is 41.5 Å². The predicted octanol–water partition coefficient (Wildman–Crippen LogP) is 2.10. The first-order chi connectivity index (χ1) is 13.4. The summed E-state index contributed by atoms with van der Waals surface area (Å²) >= 11 is 1.02. The number of aromatic hydroxyl groups is 1. The van der Waals surface area contributed by atoms with Crippen molar-refractivity contribution in [2.75, 3.05) is 44.1 Å². The van der Waals surface area contributed by atoms with Gasteiger partial charge in [-0.05, 0) is 17.7 Å². The molecule has 0 aliphatic carbocycles. The Morgan fingerprint density at radius 3 is 2.50 bits per heavy atom. The quantitative estimate of drug-likeness (QED) is 0.597. The van der Waals surface area contributed by atoms with Gasteiger partial charge >= 0.3 is 4.87 Å². The van der Waals surface area contributed by atoms with Crippen molar-refractivity contribution in [2.24, 2.45) is 0 Å². The van der Waals surface area contributed by atoms with Crippen LogP contribution < -0.4 is 19.4 Å². The van der Waals surface area contributed by atoms with Gasteiger partial charge in [0, 0.05) is 33.6 Å². The van der Waals surface area contributed by atoms with E-state index in [0.717, 1.165) is 34.3 Å². The second-order valence-corrected chi connectivity index (χ2v) is 7.57. The predicted molar refractivity (Wildman–Crippen MR) is 111 cm³/mol. The second kappa shape index (κ2) is 8.75. The number of thiazole rings is 1. The number of hydrogen-bond acceptors (Lipinski definition) is 8. The largest absolute Gasteiger partial charge is 0.494 e. The molecule has 8 nitrogen and oxygen atoms in total. The minimum atomic E-state index is -0.252. The zero-order chi connectivity index (χ0) is 20.1. The molecule has 2 heterocycles. The molecule has 3 aromatic rings. The minimum Gasteiger partial charge on any atom is -0.494 e. The van der Waals surface area contributed by atoms with E-state index in [1.807, 2.05) is 61.3 Å². The molecule has 0 saturated heterocycles. The summed E-state index contributed by atoms with van der Waals surface area (Å²) in [6, 6.07) is 9.56. The Morgan fingerprint density at radius 1 is 1.14 bits per heavy atom. The van der Waals surface area contributed by atoms with Gasteiger partial charge < -0.3 is 19.6 Å². The van der Waals surface area contributed by atoms with Gasteiger partial charge in [0.2, 0.25) is 5.88 Å². The Labute approximate surface area is 167 Å². The van der Waals surface area contributed by atoms with Crippen molar-refractivity contribution in [2.45, 2.75) is 6.42 Å². The molecular weight excluding hydrogens is 378 g/mol. The third kappa shape index (κ3) is 5.01. The third-order valence-electron chi connectivity index (χ3n) is 4.17. The van der Waals surface area contributed by atoms with Gasteiger partial charge in [0.05, 0.1) is 11.4 Å². The summed E-state index contributed by atoms with van der Waals surface area (Å²) in [6.45, 7) is 1.19. The first-order valence-electron chi connectivity index (χ1n) is 8.75. The van der Waals surface area contributed by atoms with Crippen LogP contribution in [-0.4, -0.2) is 54.4 Å². The van der Waals surface area contributed by atoms with E-state index in [2.05, 4.69) is 15.0 Å². The van der Waals surface area contributed by atoms with Gasteiger partial charge in [-0.2, -0.15) is 0 Å². The second-order valence-electron chi connectivity index (χ2n) is 6.51. The van der Waals surface area contributed by atoms with Gasteiger partial charge in [0.25, 0.3) is 0 Å². The van der Waals surface area contributed by atoms with Crippen molar-refractivity contribution < 1.29 is 9.84 Å². The van der Waals surface area contributed by atoms with Crippen LogP contribution in [0.3, 0.4) is 0 Å². The highest BCUT2D eigenvalue weighted by Gasteiger charge is 2.08. The van der Waals surface area contributed by atoms with Gasteiger partial charge in [-0.25, -0.2) is 9.97 Å². The monoisotopic (exact) mass is 401 g/mol. The number of anilines is 2.